The number of hydrogen-bond donors (Lipinski definition) is 0. The second-order valence-electron chi connectivity index (χ2n) is 4.12. The summed E-state index contributed by atoms with van der Waals surface area (Å²) in [5.41, 5.74) is 2.13. The quantitative estimate of drug-likeness (QED) is 0.468. The topological polar surface area (TPSA) is 43.4 Å². The molecule has 0 fully saturated rings. The first-order valence-electron chi connectivity index (χ1n) is 5.89. The first-order chi connectivity index (χ1) is 8.45. The van der Waals surface area contributed by atoms with E-state index in [0.717, 1.165) is 5.56 Å². The zero-order valence-corrected chi connectivity index (χ0v) is 11.6. The van der Waals surface area contributed by atoms with Crippen molar-refractivity contribution >= 4 is 23.4 Å². The van der Waals surface area contributed by atoms with Crippen molar-refractivity contribution in [3.05, 3.63) is 34.9 Å². The van der Waals surface area contributed by atoms with Crippen LogP contribution in [0.2, 0.25) is 0 Å². The Bertz CT molecular complexity index is 452. The Morgan fingerprint density at radius 2 is 2.06 bits per heavy atom. The summed E-state index contributed by atoms with van der Waals surface area (Å²) in [5.74, 6) is -0.503. The molecule has 18 heavy (non-hydrogen) atoms. The second kappa shape index (κ2) is 6.55. The molecule has 0 radical (unpaired) electrons. The third kappa shape index (κ3) is 3.84. The molecule has 0 saturated heterocycles. The van der Waals surface area contributed by atoms with Crippen molar-refractivity contribution in [2.75, 3.05) is 6.61 Å². The summed E-state index contributed by atoms with van der Waals surface area (Å²) in [7, 11) is 0. The van der Waals surface area contributed by atoms with Gasteiger partial charge in [0.25, 0.3) is 0 Å². The van der Waals surface area contributed by atoms with Crippen LogP contribution in [0, 0.1) is 6.92 Å². The second-order valence-corrected chi connectivity index (χ2v) is 4.78. The van der Waals surface area contributed by atoms with Crippen molar-refractivity contribution in [3.63, 3.8) is 0 Å². The van der Waals surface area contributed by atoms with Crippen LogP contribution in [0.15, 0.2) is 18.2 Å². The molecular formula is C14H17ClO3. The van der Waals surface area contributed by atoms with Gasteiger partial charge in [-0.15, -0.1) is 11.6 Å². The molecule has 1 rings (SSSR count). The van der Waals surface area contributed by atoms with Gasteiger partial charge >= 0.3 is 5.97 Å². The monoisotopic (exact) mass is 268 g/mol. The summed E-state index contributed by atoms with van der Waals surface area (Å²) in [6, 6.07) is 5.40. The van der Waals surface area contributed by atoms with E-state index in [1.807, 2.05) is 13.0 Å². The number of Topliss-reactive ketones (excluding diaryl/α,β-unsaturated/α-hetero) is 1. The van der Waals surface area contributed by atoms with Crippen LogP contribution in [-0.2, 0) is 16.0 Å². The van der Waals surface area contributed by atoms with Crippen LogP contribution in [-0.4, -0.2) is 23.7 Å². The number of carbonyl (C=O) groups is 2. The molecule has 0 saturated carbocycles. The van der Waals surface area contributed by atoms with Crippen molar-refractivity contribution in [3.8, 4) is 0 Å². The first-order valence-corrected chi connectivity index (χ1v) is 6.32. The Kier molecular flexibility index (Phi) is 5.35. The molecule has 0 amide bonds. The van der Waals surface area contributed by atoms with Crippen LogP contribution in [0.25, 0.3) is 0 Å². The van der Waals surface area contributed by atoms with E-state index in [1.54, 1.807) is 26.0 Å². The fourth-order valence-electron chi connectivity index (χ4n) is 1.66. The van der Waals surface area contributed by atoms with Crippen LogP contribution in [0.3, 0.4) is 0 Å². The molecule has 1 atom stereocenters. The molecule has 3 nitrogen and oxygen atoms in total. The molecule has 98 valence electrons. The fourth-order valence-corrected chi connectivity index (χ4v) is 1.77. The summed E-state index contributed by atoms with van der Waals surface area (Å²) < 4.78 is 4.89. The minimum absolute atomic E-state index is 0.0960. The molecule has 1 aromatic rings. The zero-order valence-electron chi connectivity index (χ0n) is 10.8. The van der Waals surface area contributed by atoms with Gasteiger partial charge in [-0.3, -0.25) is 9.59 Å². The van der Waals surface area contributed by atoms with Crippen molar-refractivity contribution in [2.45, 2.75) is 32.6 Å². The number of alkyl halides is 1. The van der Waals surface area contributed by atoms with Crippen molar-refractivity contribution in [1.29, 1.82) is 0 Å². The average Bonchev–Trinajstić information content (AvgIpc) is 2.30. The van der Waals surface area contributed by atoms with Gasteiger partial charge < -0.3 is 4.74 Å². The zero-order chi connectivity index (χ0) is 13.7. The molecule has 0 spiro atoms. The fraction of sp³-hybridized carbons (Fsp3) is 0.429. The Labute approximate surface area is 112 Å². The number of aryl methyl sites for hydroxylation is 1. The Morgan fingerprint density at radius 3 is 2.61 bits per heavy atom. The summed E-state index contributed by atoms with van der Waals surface area (Å²) in [4.78, 5) is 23.4. The lowest BCUT2D eigenvalue weighted by Gasteiger charge is -2.10. The number of hydrogen-bond acceptors (Lipinski definition) is 3. The number of benzene rings is 1. The summed E-state index contributed by atoms with van der Waals surface area (Å²) in [6.45, 7) is 5.60. The van der Waals surface area contributed by atoms with Gasteiger partial charge in [-0.05, 0) is 32.4 Å². The normalized spacial score (nSPS) is 12.0. The third-order valence-corrected chi connectivity index (χ3v) is 2.73. The van der Waals surface area contributed by atoms with E-state index >= 15 is 0 Å². The lowest BCUT2D eigenvalue weighted by atomic mass is 9.97. The predicted octanol–water partition coefficient (Wildman–Crippen LogP) is 2.91. The summed E-state index contributed by atoms with van der Waals surface area (Å²) in [5, 5.41) is -0.604. The molecule has 0 bridgehead atoms. The van der Waals surface area contributed by atoms with Crippen LogP contribution >= 0.6 is 11.6 Å². The standard InChI is InChI=1S/C14H17ClO3/c1-4-18-13(16)8-11-6-5-9(2)7-12(11)14(17)10(3)15/h5-7,10H,4,8H2,1-3H3. The minimum atomic E-state index is -0.604. The summed E-state index contributed by atoms with van der Waals surface area (Å²) in [6.07, 6.45) is 0.0960. The van der Waals surface area contributed by atoms with Crippen LogP contribution in [0.1, 0.15) is 35.3 Å². The molecule has 0 aliphatic carbocycles. The van der Waals surface area contributed by atoms with Gasteiger partial charge in [-0.2, -0.15) is 0 Å². The number of rotatable bonds is 5. The minimum Gasteiger partial charge on any atom is -0.466 e. The number of ether oxygens (including phenoxy) is 1. The SMILES string of the molecule is CCOC(=O)Cc1ccc(C)cc1C(=O)C(C)Cl. The molecule has 1 aromatic carbocycles. The molecule has 0 aliphatic heterocycles. The van der Waals surface area contributed by atoms with Gasteiger partial charge in [0.05, 0.1) is 18.4 Å². The smallest absolute Gasteiger partial charge is 0.310 e. The van der Waals surface area contributed by atoms with Crippen molar-refractivity contribution in [2.24, 2.45) is 0 Å². The van der Waals surface area contributed by atoms with Gasteiger partial charge in [-0.25, -0.2) is 0 Å². The average molecular weight is 269 g/mol. The van der Waals surface area contributed by atoms with Gasteiger partial charge in [-0.1, -0.05) is 17.7 Å². The number of carbonyl (C=O) groups excluding carboxylic acids is 2. The van der Waals surface area contributed by atoms with Crippen molar-refractivity contribution in [1.82, 2.24) is 0 Å². The maximum Gasteiger partial charge on any atom is 0.310 e. The van der Waals surface area contributed by atoms with Crippen LogP contribution in [0.5, 0.6) is 0 Å². The lowest BCUT2D eigenvalue weighted by Crippen LogP contribution is -2.16. The van der Waals surface area contributed by atoms with Gasteiger partial charge in [0.15, 0.2) is 5.78 Å². The number of halogens is 1. The Balaban J connectivity index is 3.04. The highest BCUT2D eigenvalue weighted by Crippen LogP contribution is 2.17. The van der Waals surface area contributed by atoms with E-state index in [-0.39, 0.29) is 18.2 Å². The largest absolute Gasteiger partial charge is 0.466 e. The van der Waals surface area contributed by atoms with Crippen molar-refractivity contribution < 1.29 is 14.3 Å². The highest BCUT2D eigenvalue weighted by molar-refractivity contribution is 6.33. The first kappa shape index (κ1) is 14.7. The Hall–Kier alpha value is -1.35. The molecule has 0 N–H and O–H groups in total. The van der Waals surface area contributed by atoms with Crippen LogP contribution < -0.4 is 0 Å². The van der Waals surface area contributed by atoms with Crippen LogP contribution in [0.4, 0.5) is 0 Å². The van der Waals surface area contributed by atoms with E-state index in [1.165, 1.54) is 0 Å². The maximum absolute atomic E-state index is 12.0. The van der Waals surface area contributed by atoms with E-state index in [9.17, 15) is 9.59 Å². The number of esters is 1. The highest BCUT2D eigenvalue weighted by Gasteiger charge is 2.18. The highest BCUT2D eigenvalue weighted by atomic mass is 35.5. The third-order valence-electron chi connectivity index (χ3n) is 2.53. The Morgan fingerprint density at radius 1 is 1.39 bits per heavy atom. The molecule has 1 unspecified atom stereocenters. The van der Waals surface area contributed by atoms with Gasteiger partial charge in [0.1, 0.15) is 0 Å². The lowest BCUT2D eigenvalue weighted by molar-refractivity contribution is -0.142. The molecular weight excluding hydrogens is 252 g/mol. The van der Waals surface area contributed by atoms with E-state index in [2.05, 4.69) is 0 Å². The predicted molar refractivity (Wildman–Crippen MR) is 71.2 cm³/mol. The molecule has 0 aromatic heterocycles. The molecule has 0 aliphatic rings. The summed E-state index contributed by atoms with van der Waals surface area (Å²) >= 11 is 5.82. The van der Waals surface area contributed by atoms with E-state index in [0.29, 0.717) is 17.7 Å². The van der Waals surface area contributed by atoms with Gasteiger partial charge in [0, 0.05) is 5.56 Å². The number of ketones is 1. The molecule has 0 heterocycles. The molecule has 4 heteroatoms. The van der Waals surface area contributed by atoms with Gasteiger partial charge in [0.2, 0.25) is 0 Å². The van der Waals surface area contributed by atoms with E-state index < -0.39 is 5.38 Å². The van der Waals surface area contributed by atoms with E-state index in [4.69, 9.17) is 16.3 Å². The maximum atomic E-state index is 12.0.